The minimum absolute atomic E-state index is 0.171. The SMILES string of the molecule is Nc1cccc(S(=O)(=O)N2CCCO2)c1. The summed E-state index contributed by atoms with van der Waals surface area (Å²) < 4.78 is 24.9. The van der Waals surface area contributed by atoms with Crippen LogP contribution in [-0.2, 0) is 14.9 Å². The molecular formula is C9H12N2O3S. The lowest BCUT2D eigenvalue weighted by molar-refractivity contribution is -0.0284. The van der Waals surface area contributed by atoms with Gasteiger partial charge in [-0.1, -0.05) is 10.5 Å². The minimum atomic E-state index is -3.53. The van der Waals surface area contributed by atoms with E-state index in [0.717, 1.165) is 10.9 Å². The van der Waals surface area contributed by atoms with E-state index in [0.29, 0.717) is 18.8 Å². The second kappa shape index (κ2) is 3.80. The Hall–Kier alpha value is -1.11. The minimum Gasteiger partial charge on any atom is -0.399 e. The monoisotopic (exact) mass is 228 g/mol. The molecule has 0 spiro atoms. The summed E-state index contributed by atoms with van der Waals surface area (Å²) in [4.78, 5) is 5.19. The van der Waals surface area contributed by atoms with Crippen molar-refractivity contribution < 1.29 is 13.3 Å². The number of hydrogen-bond acceptors (Lipinski definition) is 4. The first-order valence-electron chi connectivity index (χ1n) is 4.62. The van der Waals surface area contributed by atoms with Gasteiger partial charge in [0, 0.05) is 12.2 Å². The Morgan fingerprint density at radius 1 is 1.40 bits per heavy atom. The maximum absolute atomic E-state index is 11.9. The van der Waals surface area contributed by atoms with Crippen molar-refractivity contribution in [3.8, 4) is 0 Å². The van der Waals surface area contributed by atoms with E-state index in [9.17, 15) is 8.42 Å². The van der Waals surface area contributed by atoms with Gasteiger partial charge >= 0.3 is 0 Å². The van der Waals surface area contributed by atoms with Crippen molar-refractivity contribution in [3.63, 3.8) is 0 Å². The number of sulfonamides is 1. The van der Waals surface area contributed by atoms with Crippen LogP contribution < -0.4 is 5.73 Å². The van der Waals surface area contributed by atoms with Crippen molar-refractivity contribution in [1.29, 1.82) is 0 Å². The number of benzene rings is 1. The molecule has 1 saturated heterocycles. The summed E-state index contributed by atoms with van der Waals surface area (Å²) in [6.07, 6.45) is 0.724. The van der Waals surface area contributed by atoms with Crippen LogP contribution in [0.3, 0.4) is 0 Å². The highest BCUT2D eigenvalue weighted by Gasteiger charge is 2.28. The molecule has 2 rings (SSSR count). The first kappa shape index (κ1) is 10.4. The lowest BCUT2D eigenvalue weighted by atomic mass is 10.3. The van der Waals surface area contributed by atoms with Crippen molar-refractivity contribution in [2.24, 2.45) is 0 Å². The van der Waals surface area contributed by atoms with Crippen molar-refractivity contribution >= 4 is 15.7 Å². The molecule has 1 aliphatic heterocycles. The van der Waals surface area contributed by atoms with Gasteiger partial charge in [-0.25, -0.2) is 8.42 Å². The maximum Gasteiger partial charge on any atom is 0.265 e. The number of hydroxylamine groups is 1. The molecule has 0 radical (unpaired) electrons. The zero-order valence-corrected chi connectivity index (χ0v) is 8.90. The summed E-state index contributed by atoms with van der Waals surface area (Å²) in [7, 11) is -3.53. The van der Waals surface area contributed by atoms with Gasteiger partial charge < -0.3 is 5.73 Å². The molecule has 0 bridgehead atoms. The summed E-state index contributed by atoms with van der Waals surface area (Å²) in [6, 6.07) is 6.19. The van der Waals surface area contributed by atoms with Gasteiger partial charge in [0.25, 0.3) is 10.0 Å². The Morgan fingerprint density at radius 3 is 2.80 bits per heavy atom. The van der Waals surface area contributed by atoms with E-state index >= 15 is 0 Å². The molecule has 0 unspecified atom stereocenters. The molecular weight excluding hydrogens is 216 g/mol. The Kier molecular flexibility index (Phi) is 2.64. The lowest BCUT2D eigenvalue weighted by Crippen LogP contribution is -2.26. The Morgan fingerprint density at radius 2 is 2.20 bits per heavy atom. The molecule has 1 aromatic rings. The summed E-state index contributed by atoms with van der Waals surface area (Å²) in [5.41, 5.74) is 5.96. The van der Waals surface area contributed by atoms with E-state index in [4.69, 9.17) is 10.6 Å². The van der Waals surface area contributed by atoms with E-state index in [-0.39, 0.29) is 4.90 Å². The molecule has 6 heteroatoms. The van der Waals surface area contributed by atoms with Gasteiger partial charge in [0.15, 0.2) is 0 Å². The quantitative estimate of drug-likeness (QED) is 0.752. The van der Waals surface area contributed by atoms with Gasteiger partial charge in [-0.3, -0.25) is 4.84 Å². The van der Waals surface area contributed by atoms with Crippen molar-refractivity contribution in [2.75, 3.05) is 18.9 Å². The van der Waals surface area contributed by atoms with E-state index in [1.807, 2.05) is 0 Å². The largest absolute Gasteiger partial charge is 0.399 e. The summed E-state index contributed by atoms with van der Waals surface area (Å²) in [5.74, 6) is 0. The van der Waals surface area contributed by atoms with Crippen molar-refractivity contribution in [3.05, 3.63) is 24.3 Å². The highest BCUT2D eigenvalue weighted by Crippen LogP contribution is 2.21. The first-order valence-corrected chi connectivity index (χ1v) is 6.06. The van der Waals surface area contributed by atoms with Crippen LogP contribution in [-0.4, -0.2) is 26.0 Å². The van der Waals surface area contributed by atoms with Crippen LogP contribution in [0.4, 0.5) is 5.69 Å². The molecule has 0 atom stereocenters. The molecule has 2 N–H and O–H groups in total. The lowest BCUT2D eigenvalue weighted by Gasteiger charge is -2.14. The topological polar surface area (TPSA) is 72.6 Å². The summed E-state index contributed by atoms with van der Waals surface area (Å²) >= 11 is 0. The molecule has 0 saturated carbocycles. The average Bonchev–Trinajstić information content (AvgIpc) is 2.71. The molecule has 1 aliphatic rings. The number of hydrogen-bond donors (Lipinski definition) is 1. The van der Waals surface area contributed by atoms with Gasteiger partial charge in [-0.2, -0.15) is 0 Å². The van der Waals surface area contributed by atoms with Gasteiger partial charge in [0.2, 0.25) is 0 Å². The van der Waals surface area contributed by atoms with E-state index < -0.39 is 10.0 Å². The number of nitrogens with two attached hydrogens (primary N) is 1. The zero-order valence-electron chi connectivity index (χ0n) is 8.09. The molecule has 1 fully saturated rings. The third-order valence-corrected chi connectivity index (χ3v) is 3.82. The fourth-order valence-electron chi connectivity index (χ4n) is 1.41. The third kappa shape index (κ3) is 1.97. The second-order valence-corrected chi connectivity index (χ2v) is 5.12. The fourth-order valence-corrected chi connectivity index (χ4v) is 2.76. The van der Waals surface area contributed by atoms with Crippen LogP contribution in [0.1, 0.15) is 6.42 Å². The number of nitrogen functional groups attached to an aromatic ring is 1. The second-order valence-electron chi connectivity index (χ2n) is 3.29. The molecule has 15 heavy (non-hydrogen) atoms. The smallest absolute Gasteiger partial charge is 0.265 e. The Bertz CT molecular complexity index is 452. The van der Waals surface area contributed by atoms with E-state index in [1.165, 1.54) is 12.1 Å². The van der Waals surface area contributed by atoms with Gasteiger partial charge in [-0.05, 0) is 24.6 Å². The summed E-state index contributed by atoms with van der Waals surface area (Å²) in [5, 5.41) is 0. The standard InChI is InChI=1S/C9H12N2O3S/c10-8-3-1-4-9(7-8)15(12,13)11-5-2-6-14-11/h1,3-4,7H,2,5-6,10H2. The van der Waals surface area contributed by atoms with Gasteiger partial charge in [0.1, 0.15) is 0 Å². The predicted octanol–water partition coefficient (Wildman–Crippen LogP) is 0.595. The Labute approximate surface area is 88.4 Å². The highest BCUT2D eigenvalue weighted by atomic mass is 32.2. The van der Waals surface area contributed by atoms with Crippen molar-refractivity contribution in [1.82, 2.24) is 4.47 Å². The van der Waals surface area contributed by atoms with Gasteiger partial charge in [-0.15, -0.1) is 0 Å². The van der Waals surface area contributed by atoms with Gasteiger partial charge in [0.05, 0.1) is 11.5 Å². The predicted molar refractivity (Wildman–Crippen MR) is 55.3 cm³/mol. The van der Waals surface area contributed by atoms with E-state index in [1.54, 1.807) is 12.1 Å². The van der Waals surface area contributed by atoms with E-state index in [2.05, 4.69) is 0 Å². The molecule has 0 amide bonds. The van der Waals surface area contributed by atoms with Crippen LogP contribution in [0.5, 0.6) is 0 Å². The normalized spacial score (nSPS) is 18.1. The number of nitrogens with zero attached hydrogens (tertiary/aromatic N) is 1. The van der Waals surface area contributed by atoms with Crippen LogP contribution in [0.15, 0.2) is 29.2 Å². The van der Waals surface area contributed by atoms with Crippen LogP contribution >= 0.6 is 0 Å². The molecule has 82 valence electrons. The molecule has 5 nitrogen and oxygen atoms in total. The summed E-state index contributed by atoms with van der Waals surface area (Å²) in [6.45, 7) is 0.846. The maximum atomic E-state index is 11.9. The van der Waals surface area contributed by atoms with Crippen LogP contribution in [0.2, 0.25) is 0 Å². The molecule has 0 aromatic heterocycles. The molecule has 0 aliphatic carbocycles. The van der Waals surface area contributed by atoms with Crippen LogP contribution in [0.25, 0.3) is 0 Å². The number of anilines is 1. The first-order chi connectivity index (χ1) is 7.10. The average molecular weight is 228 g/mol. The number of rotatable bonds is 2. The van der Waals surface area contributed by atoms with Crippen molar-refractivity contribution in [2.45, 2.75) is 11.3 Å². The fraction of sp³-hybridized carbons (Fsp3) is 0.333. The van der Waals surface area contributed by atoms with Crippen LogP contribution in [0, 0.1) is 0 Å². The third-order valence-electron chi connectivity index (χ3n) is 2.14. The molecule has 1 heterocycles. The highest BCUT2D eigenvalue weighted by molar-refractivity contribution is 7.89. The Balaban J connectivity index is 2.36. The zero-order chi connectivity index (χ0) is 10.9. The molecule has 1 aromatic carbocycles.